The fraction of sp³-hybridized carbons (Fsp3) is 0.647. The van der Waals surface area contributed by atoms with Crippen LogP contribution in [0, 0.1) is 0 Å². The van der Waals surface area contributed by atoms with E-state index in [1.807, 2.05) is 18.7 Å². The Labute approximate surface area is 137 Å². The molecule has 23 heavy (non-hydrogen) atoms. The molecule has 1 fully saturated rings. The Morgan fingerprint density at radius 3 is 2.65 bits per heavy atom. The standard InChI is InChI=1S/C17H27N3O3/c1-17(2,18)13-20-11-6-7-14(16(20)22)23-12-8-15(21)19-9-4-3-5-10-19/h6-7,11H,3-5,8-10,12-13,18H2,1-2H3. The number of ether oxygens (including phenoxy) is 1. The van der Waals surface area contributed by atoms with Crippen LogP contribution < -0.4 is 16.0 Å². The van der Waals surface area contributed by atoms with E-state index in [1.54, 1.807) is 22.9 Å². The number of likely N-dealkylation sites (tertiary alicyclic amines) is 1. The predicted octanol–water partition coefficient (Wildman–Crippen LogP) is 1.37. The Balaban J connectivity index is 1.89. The molecule has 0 unspecified atom stereocenters. The Hall–Kier alpha value is -1.82. The lowest BCUT2D eigenvalue weighted by Crippen LogP contribution is -2.40. The van der Waals surface area contributed by atoms with Gasteiger partial charge in [-0.3, -0.25) is 9.59 Å². The van der Waals surface area contributed by atoms with Crippen molar-refractivity contribution < 1.29 is 9.53 Å². The minimum Gasteiger partial charge on any atom is -0.487 e. The van der Waals surface area contributed by atoms with Crippen LogP contribution in [0.25, 0.3) is 0 Å². The highest BCUT2D eigenvalue weighted by Crippen LogP contribution is 2.10. The molecule has 0 bridgehead atoms. The molecular weight excluding hydrogens is 294 g/mol. The van der Waals surface area contributed by atoms with Gasteiger partial charge in [0.15, 0.2) is 5.75 Å². The second kappa shape index (κ2) is 7.64. The van der Waals surface area contributed by atoms with Crippen molar-refractivity contribution >= 4 is 5.91 Å². The van der Waals surface area contributed by atoms with Crippen molar-refractivity contribution in [3.63, 3.8) is 0 Å². The number of hydrogen-bond donors (Lipinski definition) is 1. The molecule has 0 aliphatic carbocycles. The number of hydrogen-bond acceptors (Lipinski definition) is 4. The first-order chi connectivity index (χ1) is 10.9. The molecule has 2 rings (SSSR count). The minimum absolute atomic E-state index is 0.101. The number of piperidine rings is 1. The molecule has 0 saturated carbocycles. The molecule has 0 spiro atoms. The zero-order chi connectivity index (χ0) is 16.9. The summed E-state index contributed by atoms with van der Waals surface area (Å²) in [5, 5.41) is 0. The van der Waals surface area contributed by atoms with E-state index in [9.17, 15) is 9.59 Å². The molecule has 128 valence electrons. The van der Waals surface area contributed by atoms with Crippen LogP contribution in [0.5, 0.6) is 5.75 Å². The highest BCUT2D eigenvalue weighted by atomic mass is 16.5. The van der Waals surface area contributed by atoms with E-state index in [2.05, 4.69) is 0 Å². The van der Waals surface area contributed by atoms with Gasteiger partial charge >= 0.3 is 0 Å². The first kappa shape index (κ1) is 17.5. The highest BCUT2D eigenvalue weighted by Gasteiger charge is 2.17. The molecule has 1 aliphatic rings. The fourth-order valence-electron chi connectivity index (χ4n) is 2.74. The van der Waals surface area contributed by atoms with Gasteiger partial charge in [0, 0.05) is 31.4 Å². The van der Waals surface area contributed by atoms with Crippen LogP contribution in [0.15, 0.2) is 23.1 Å². The van der Waals surface area contributed by atoms with Crippen molar-refractivity contribution in [1.82, 2.24) is 9.47 Å². The van der Waals surface area contributed by atoms with E-state index in [-0.39, 0.29) is 23.8 Å². The monoisotopic (exact) mass is 321 g/mol. The summed E-state index contributed by atoms with van der Waals surface area (Å²) in [6.45, 7) is 6.04. The van der Waals surface area contributed by atoms with Gasteiger partial charge in [-0.1, -0.05) is 0 Å². The van der Waals surface area contributed by atoms with Gasteiger partial charge in [-0.2, -0.15) is 0 Å². The number of carbonyl (C=O) groups excluding carboxylic acids is 1. The van der Waals surface area contributed by atoms with Crippen molar-refractivity contribution in [2.45, 2.75) is 51.6 Å². The summed E-state index contributed by atoms with van der Waals surface area (Å²) in [6.07, 6.45) is 5.34. The van der Waals surface area contributed by atoms with Crippen LogP contribution in [0.3, 0.4) is 0 Å². The van der Waals surface area contributed by atoms with Gasteiger partial charge in [0.25, 0.3) is 5.56 Å². The summed E-state index contributed by atoms with van der Waals surface area (Å²) in [5.74, 6) is 0.368. The smallest absolute Gasteiger partial charge is 0.292 e. The highest BCUT2D eigenvalue weighted by molar-refractivity contribution is 5.76. The third-order valence-corrected chi connectivity index (χ3v) is 3.85. The Morgan fingerprint density at radius 2 is 2.00 bits per heavy atom. The van der Waals surface area contributed by atoms with E-state index in [0.29, 0.717) is 13.0 Å². The van der Waals surface area contributed by atoms with Crippen LogP contribution in [0.4, 0.5) is 0 Å². The van der Waals surface area contributed by atoms with Gasteiger partial charge in [0.1, 0.15) is 0 Å². The number of nitrogens with zero attached hydrogens (tertiary/aromatic N) is 2. The number of rotatable bonds is 6. The van der Waals surface area contributed by atoms with E-state index in [0.717, 1.165) is 25.9 Å². The average Bonchev–Trinajstić information content (AvgIpc) is 2.50. The SMILES string of the molecule is CC(C)(N)Cn1cccc(OCCC(=O)N2CCCCC2)c1=O. The van der Waals surface area contributed by atoms with Crippen LogP contribution >= 0.6 is 0 Å². The maximum atomic E-state index is 12.3. The quantitative estimate of drug-likeness (QED) is 0.858. The lowest BCUT2D eigenvalue weighted by atomic mass is 10.1. The first-order valence-corrected chi connectivity index (χ1v) is 8.26. The molecule has 0 atom stereocenters. The summed E-state index contributed by atoms with van der Waals surface area (Å²) in [6, 6.07) is 3.39. The predicted molar refractivity (Wildman–Crippen MR) is 89.5 cm³/mol. The Bertz CT molecular complexity index is 583. The second-order valence-corrected chi connectivity index (χ2v) is 6.83. The molecule has 2 N–H and O–H groups in total. The maximum absolute atomic E-state index is 12.3. The van der Waals surface area contributed by atoms with E-state index in [1.165, 1.54) is 6.42 Å². The summed E-state index contributed by atoms with van der Waals surface area (Å²) >= 11 is 0. The molecule has 6 nitrogen and oxygen atoms in total. The summed E-state index contributed by atoms with van der Waals surface area (Å²) in [7, 11) is 0. The van der Waals surface area contributed by atoms with Crippen molar-refractivity contribution in [3.8, 4) is 5.75 Å². The number of aromatic nitrogens is 1. The van der Waals surface area contributed by atoms with Crippen molar-refractivity contribution in [2.24, 2.45) is 5.73 Å². The van der Waals surface area contributed by atoms with Crippen molar-refractivity contribution in [2.75, 3.05) is 19.7 Å². The number of pyridine rings is 1. The Kier molecular flexibility index (Phi) is 5.82. The molecular formula is C17H27N3O3. The van der Waals surface area contributed by atoms with Crippen LogP contribution in [-0.4, -0.2) is 40.6 Å². The third-order valence-electron chi connectivity index (χ3n) is 3.85. The van der Waals surface area contributed by atoms with Crippen LogP contribution in [0.2, 0.25) is 0 Å². The first-order valence-electron chi connectivity index (χ1n) is 8.26. The lowest BCUT2D eigenvalue weighted by Gasteiger charge is -2.26. The van der Waals surface area contributed by atoms with Crippen LogP contribution in [-0.2, 0) is 11.3 Å². The molecule has 0 aromatic carbocycles. The third kappa shape index (κ3) is 5.39. The molecule has 6 heteroatoms. The molecule has 1 aromatic heterocycles. The molecule has 1 amide bonds. The zero-order valence-electron chi connectivity index (χ0n) is 14.1. The lowest BCUT2D eigenvalue weighted by molar-refractivity contribution is -0.132. The number of nitrogens with two attached hydrogens (primary N) is 1. The largest absolute Gasteiger partial charge is 0.487 e. The van der Waals surface area contributed by atoms with E-state index >= 15 is 0 Å². The Morgan fingerprint density at radius 1 is 1.30 bits per heavy atom. The second-order valence-electron chi connectivity index (χ2n) is 6.83. The molecule has 1 aliphatic heterocycles. The van der Waals surface area contributed by atoms with E-state index in [4.69, 9.17) is 10.5 Å². The van der Waals surface area contributed by atoms with Gasteiger partial charge in [0.2, 0.25) is 5.91 Å². The summed E-state index contributed by atoms with van der Waals surface area (Å²) in [5.41, 5.74) is 5.27. The molecule has 1 saturated heterocycles. The molecule has 0 radical (unpaired) electrons. The minimum atomic E-state index is -0.479. The van der Waals surface area contributed by atoms with Gasteiger partial charge in [-0.25, -0.2) is 0 Å². The summed E-state index contributed by atoms with van der Waals surface area (Å²) < 4.78 is 7.08. The van der Waals surface area contributed by atoms with Gasteiger partial charge < -0.3 is 19.9 Å². The average molecular weight is 321 g/mol. The maximum Gasteiger partial charge on any atom is 0.292 e. The topological polar surface area (TPSA) is 77.6 Å². The number of amides is 1. The molecule has 1 aromatic rings. The van der Waals surface area contributed by atoms with E-state index < -0.39 is 5.54 Å². The zero-order valence-corrected chi connectivity index (χ0v) is 14.1. The normalized spacial score (nSPS) is 15.5. The van der Waals surface area contributed by atoms with Gasteiger partial charge in [0.05, 0.1) is 13.0 Å². The molecule has 2 heterocycles. The van der Waals surface area contributed by atoms with Gasteiger partial charge in [-0.15, -0.1) is 0 Å². The number of carbonyl (C=O) groups is 1. The summed E-state index contributed by atoms with van der Waals surface area (Å²) in [4.78, 5) is 26.3. The van der Waals surface area contributed by atoms with Crippen molar-refractivity contribution in [1.29, 1.82) is 0 Å². The fourth-order valence-corrected chi connectivity index (χ4v) is 2.74. The van der Waals surface area contributed by atoms with Gasteiger partial charge in [-0.05, 0) is 45.2 Å². The van der Waals surface area contributed by atoms with Crippen LogP contribution in [0.1, 0.15) is 39.5 Å². The van der Waals surface area contributed by atoms with Crippen molar-refractivity contribution in [3.05, 3.63) is 28.7 Å².